The maximum absolute atomic E-state index is 6.04. The van der Waals surface area contributed by atoms with Crippen LogP contribution in [0.25, 0.3) is 11.1 Å². The summed E-state index contributed by atoms with van der Waals surface area (Å²) in [4.78, 5) is 4.55. The van der Waals surface area contributed by atoms with Crippen LogP contribution in [-0.2, 0) is 6.54 Å². The molecule has 2 rings (SSSR count). The van der Waals surface area contributed by atoms with Crippen molar-refractivity contribution in [2.75, 3.05) is 0 Å². The average molecular weight is 266 g/mol. The van der Waals surface area contributed by atoms with Crippen LogP contribution in [0.3, 0.4) is 0 Å². The number of benzene rings is 2. The number of hydrogen-bond donors (Lipinski definition) is 1. The van der Waals surface area contributed by atoms with Crippen LogP contribution in [0.15, 0.2) is 59.6 Å². The van der Waals surface area contributed by atoms with E-state index < -0.39 is 0 Å². The van der Waals surface area contributed by atoms with Gasteiger partial charge >= 0.3 is 0 Å². The van der Waals surface area contributed by atoms with Crippen molar-refractivity contribution in [2.24, 2.45) is 16.1 Å². The summed E-state index contributed by atoms with van der Waals surface area (Å²) in [5, 5.41) is 0. The lowest BCUT2D eigenvalue weighted by molar-refractivity contribution is 0.581. The van der Waals surface area contributed by atoms with E-state index in [1.807, 2.05) is 12.1 Å². The fourth-order valence-electron chi connectivity index (χ4n) is 1.97. The molecule has 0 saturated carbocycles. The molecule has 0 aliphatic carbocycles. The van der Waals surface area contributed by atoms with Gasteiger partial charge in [0.25, 0.3) is 0 Å². The highest BCUT2D eigenvalue weighted by Gasteiger charge is 2.15. The molecule has 2 nitrogen and oxygen atoms in total. The molecule has 0 fully saturated rings. The fourth-order valence-corrected chi connectivity index (χ4v) is 1.97. The zero-order chi connectivity index (χ0) is 14.6. The third-order valence-corrected chi connectivity index (χ3v) is 3.29. The maximum Gasteiger partial charge on any atom is 0.0995 e. The van der Waals surface area contributed by atoms with Crippen LogP contribution in [0.1, 0.15) is 26.3 Å². The molecule has 0 spiro atoms. The molecule has 2 heteroatoms. The smallest absolute Gasteiger partial charge is 0.0995 e. The van der Waals surface area contributed by atoms with Crippen molar-refractivity contribution < 1.29 is 0 Å². The Hall–Kier alpha value is -2.09. The molecule has 2 aromatic rings. The molecule has 0 unspecified atom stereocenters. The molecule has 20 heavy (non-hydrogen) atoms. The highest BCUT2D eigenvalue weighted by molar-refractivity contribution is 5.85. The lowest BCUT2D eigenvalue weighted by atomic mass is 9.95. The lowest BCUT2D eigenvalue weighted by Crippen LogP contribution is -2.29. The first kappa shape index (κ1) is 14.3. The van der Waals surface area contributed by atoms with Gasteiger partial charge in [-0.05, 0) is 16.7 Å². The van der Waals surface area contributed by atoms with Crippen LogP contribution in [0, 0.1) is 5.41 Å². The Labute approximate surface area is 121 Å². The van der Waals surface area contributed by atoms with Gasteiger partial charge < -0.3 is 5.73 Å². The van der Waals surface area contributed by atoms with Crippen molar-refractivity contribution in [1.29, 1.82) is 0 Å². The van der Waals surface area contributed by atoms with E-state index in [2.05, 4.69) is 68.2 Å². The van der Waals surface area contributed by atoms with Crippen molar-refractivity contribution in [1.82, 2.24) is 0 Å². The first-order chi connectivity index (χ1) is 9.48. The molecule has 0 amide bonds. The molecular formula is C18H22N2. The number of hydrogen-bond acceptors (Lipinski definition) is 1. The second-order valence-corrected chi connectivity index (χ2v) is 5.97. The summed E-state index contributed by atoms with van der Waals surface area (Å²) in [7, 11) is 0. The van der Waals surface area contributed by atoms with Crippen LogP contribution < -0.4 is 5.73 Å². The van der Waals surface area contributed by atoms with Crippen molar-refractivity contribution in [3.8, 4) is 11.1 Å². The highest BCUT2D eigenvalue weighted by atomic mass is 14.9. The monoisotopic (exact) mass is 266 g/mol. The van der Waals surface area contributed by atoms with Crippen LogP contribution in [0.5, 0.6) is 0 Å². The zero-order valence-corrected chi connectivity index (χ0v) is 12.4. The Morgan fingerprint density at radius 1 is 0.950 bits per heavy atom. The van der Waals surface area contributed by atoms with Gasteiger partial charge in [0.2, 0.25) is 0 Å². The Morgan fingerprint density at radius 2 is 1.55 bits per heavy atom. The van der Waals surface area contributed by atoms with Gasteiger partial charge in [-0.1, -0.05) is 75.4 Å². The van der Waals surface area contributed by atoms with Crippen LogP contribution in [0.4, 0.5) is 0 Å². The molecule has 0 aromatic heterocycles. The SMILES string of the molecule is CC(C)(C)C(N)=NCc1ccccc1-c1ccccc1. The van der Waals surface area contributed by atoms with E-state index in [0.29, 0.717) is 12.4 Å². The summed E-state index contributed by atoms with van der Waals surface area (Å²) in [5.74, 6) is 0.695. The van der Waals surface area contributed by atoms with Gasteiger partial charge in [0.1, 0.15) is 0 Å². The number of nitrogens with zero attached hydrogens (tertiary/aromatic N) is 1. The van der Waals surface area contributed by atoms with E-state index in [4.69, 9.17) is 5.73 Å². The van der Waals surface area contributed by atoms with Crippen molar-refractivity contribution >= 4 is 5.84 Å². The second-order valence-electron chi connectivity index (χ2n) is 5.97. The summed E-state index contributed by atoms with van der Waals surface area (Å²) < 4.78 is 0. The minimum Gasteiger partial charge on any atom is -0.387 e. The molecular weight excluding hydrogens is 244 g/mol. The minimum atomic E-state index is -0.0817. The molecule has 104 valence electrons. The fraction of sp³-hybridized carbons (Fsp3) is 0.278. The number of amidine groups is 1. The van der Waals surface area contributed by atoms with Gasteiger partial charge in [-0.2, -0.15) is 0 Å². The Balaban J connectivity index is 2.31. The van der Waals surface area contributed by atoms with E-state index >= 15 is 0 Å². The third-order valence-electron chi connectivity index (χ3n) is 3.29. The number of nitrogens with two attached hydrogens (primary N) is 1. The molecule has 0 radical (unpaired) electrons. The molecule has 0 aliphatic heterocycles. The van der Waals surface area contributed by atoms with Crippen molar-refractivity contribution in [3.05, 3.63) is 60.2 Å². The van der Waals surface area contributed by atoms with E-state index in [1.54, 1.807) is 0 Å². The first-order valence-corrected chi connectivity index (χ1v) is 6.92. The summed E-state index contributed by atoms with van der Waals surface area (Å²) in [5.41, 5.74) is 9.59. The predicted octanol–water partition coefficient (Wildman–Crippen LogP) is 4.26. The Morgan fingerprint density at radius 3 is 2.20 bits per heavy atom. The quantitative estimate of drug-likeness (QED) is 0.654. The summed E-state index contributed by atoms with van der Waals surface area (Å²) in [6.07, 6.45) is 0. The normalized spacial score (nSPS) is 12.4. The maximum atomic E-state index is 6.04. The summed E-state index contributed by atoms with van der Waals surface area (Å²) in [6.45, 7) is 6.85. The number of rotatable bonds is 3. The molecule has 0 saturated heterocycles. The van der Waals surface area contributed by atoms with Crippen LogP contribution >= 0.6 is 0 Å². The standard InChI is InChI=1S/C18H22N2/c1-18(2,3)17(19)20-13-15-11-7-8-12-16(15)14-9-5-4-6-10-14/h4-12H,13H2,1-3H3,(H2,19,20). The van der Waals surface area contributed by atoms with Gasteiger partial charge in [-0.3, -0.25) is 4.99 Å². The molecule has 2 N–H and O–H groups in total. The highest BCUT2D eigenvalue weighted by Crippen LogP contribution is 2.24. The van der Waals surface area contributed by atoms with Crippen LogP contribution in [-0.4, -0.2) is 5.84 Å². The van der Waals surface area contributed by atoms with Gasteiger partial charge in [0.15, 0.2) is 0 Å². The van der Waals surface area contributed by atoms with Crippen molar-refractivity contribution in [2.45, 2.75) is 27.3 Å². The lowest BCUT2D eigenvalue weighted by Gasteiger charge is -2.17. The molecule has 0 atom stereocenters. The topological polar surface area (TPSA) is 38.4 Å². The van der Waals surface area contributed by atoms with E-state index in [-0.39, 0.29) is 5.41 Å². The van der Waals surface area contributed by atoms with Gasteiger partial charge in [-0.25, -0.2) is 0 Å². The predicted molar refractivity (Wildman–Crippen MR) is 86.7 cm³/mol. The summed E-state index contributed by atoms with van der Waals surface area (Å²) in [6, 6.07) is 18.7. The Bertz CT molecular complexity index is 592. The summed E-state index contributed by atoms with van der Waals surface area (Å²) >= 11 is 0. The van der Waals surface area contributed by atoms with Gasteiger partial charge in [0.05, 0.1) is 12.4 Å². The molecule has 0 bridgehead atoms. The van der Waals surface area contributed by atoms with E-state index in [1.165, 1.54) is 16.7 Å². The average Bonchev–Trinajstić information content (AvgIpc) is 2.45. The minimum absolute atomic E-state index is 0.0817. The largest absolute Gasteiger partial charge is 0.387 e. The first-order valence-electron chi connectivity index (χ1n) is 6.92. The second kappa shape index (κ2) is 5.91. The van der Waals surface area contributed by atoms with Gasteiger partial charge in [-0.15, -0.1) is 0 Å². The van der Waals surface area contributed by atoms with Crippen molar-refractivity contribution in [3.63, 3.8) is 0 Å². The van der Waals surface area contributed by atoms with Crippen LogP contribution in [0.2, 0.25) is 0 Å². The number of aliphatic imine (C=N–C) groups is 1. The zero-order valence-electron chi connectivity index (χ0n) is 12.4. The molecule has 0 heterocycles. The van der Waals surface area contributed by atoms with Gasteiger partial charge in [0, 0.05) is 5.41 Å². The molecule has 0 aliphatic rings. The third kappa shape index (κ3) is 3.47. The van der Waals surface area contributed by atoms with E-state index in [0.717, 1.165) is 0 Å². The Kier molecular flexibility index (Phi) is 4.23. The molecule has 2 aromatic carbocycles. The van der Waals surface area contributed by atoms with E-state index in [9.17, 15) is 0 Å².